The van der Waals surface area contributed by atoms with Crippen molar-refractivity contribution in [2.45, 2.75) is 31.2 Å². The summed E-state index contributed by atoms with van der Waals surface area (Å²) in [6.07, 6.45) is 2.17. The van der Waals surface area contributed by atoms with Crippen LogP contribution in [0, 0.1) is 5.82 Å². The minimum absolute atomic E-state index is 0.164. The lowest BCUT2D eigenvalue weighted by Gasteiger charge is -2.36. The molecule has 1 saturated carbocycles. The van der Waals surface area contributed by atoms with Gasteiger partial charge >= 0.3 is 5.97 Å². The number of hydrogen-bond acceptors (Lipinski definition) is 2. The largest absolute Gasteiger partial charge is 0.481 e. The summed E-state index contributed by atoms with van der Waals surface area (Å²) in [7, 11) is 0. The summed E-state index contributed by atoms with van der Waals surface area (Å²) in [4.78, 5) is 10.3. The highest BCUT2D eigenvalue weighted by Gasteiger charge is 2.29. The van der Waals surface area contributed by atoms with Crippen LogP contribution in [0.5, 0.6) is 0 Å². The molecule has 0 unspecified atom stereocenters. The molecular weight excluding hydrogens is 221 g/mol. The van der Waals surface area contributed by atoms with Gasteiger partial charge in [-0.05, 0) is 36.5 Å². The summed E-state index contributed by atoms with van der Waals surface area (Å²) in [6, 6.07) is 7.03. The predicted octanol–water partition coefficient (Wildman–Crippen LogP) is 2.14. The topological polar surface area (TPSA) is 49.3 Å². The fraction of sp³-hybridized carbons (Fsp3) is 0.462. The van der Waals surface area contributed by atoms with E-state index in [2.05, 4.69) is 5.32 Å². The van der Waals surface area contributed by atoms with E-state index < -0.39 is 5.97 Å². The molecular formula is C13H16FNO2. The minimum Gasteiger partial charge on any atom is -0.481 e. The molecule has 0 spiro atoms. The van der Waals surface area contributed by atoms with E-state index in [0.29, 0.717) is 18.5 Å². The molecule has 0 atom stereocenters. The Balaban J connectivity index is 1.71. The Morgan fingerprint density at radius 3 is 2.59 bits per heavy atom. The number of aliphatic carboxylic acids is 1. The lowest BCUT2D eigenvalue weighted by molar-refractivity contribution is -0.136. The number of nitrogens with one attached hydrogen (secondary N) is 1. The average molecular weight is 237 g/mol. The van der Waals surface area contributed by atoms with Crippen LogP contribution in [-0.2, 0) is 4.79 Å². The molecule has 1 fully saturated rings. The van der Waals surface area contributed by atoms with Gasteiger partial charge in [-0.2, -0.15) is 0 Å². The molecule has 92 valence electrons. The number of carboxylic acids is 1. The standard InChI is InChI=1S/C13H16FNO2/c14-11-3-1-9(2-4-11)10-7-12(8-10)15-6-5-13(16)17/h1-4,10,12,15H,5-8H2,(H,16,17). The molecule has 17 heavy (non-hydrogen) atoms. The van der Waals surface area contributed by atoms with Gasteiger partial charge in [0.1, 0.15) is 5.82 Å². The lowest BCUT2D eigenvalue weighted by atomic mass is 9.76. The molecule has 0 amide bonds. The number of hydrogen-bond donors (Lipinski definition) is 2. The van der Waals surface area contributed by atoms with E-state index in [1.54, 1.807) is 0 Å². The molecule has 0 heterocycles. The zero-order chi connectivity index (χ0) is 12.3. The molecule has 4 heteroatoms. The number of rotatable bonds is 5. The Morgan fingerprint density at radius 2 is 2.00 bits per heavy atom. The lowest BCUT2D eigenvalue weighted by Crippen LogP contribution is -2.40. The highest BCUT2D eigenvalue weighted by atomic mass is 19.1. The van der Waals surface area contributed by atoms with Crippen molar-refractivity contribution < 1.29 is 14.3 Å². The fourth-order valence-corrected chi connectivity index (χ4v) is 2.17. The van der Waals surface area contributed by atoms with Crippen LogP contribution in [-0.4, -0.2) is 23.7 Å². The van der Waals surface area contributed by atoms with E-state index in [-0.39, 0.29) is 12.2 Å². The molecule has 1 aliphatic rings. The van der Waals surface area contributed by atoms with Gasteiger partial charge in [0.25, 0.3) is 0 Å². The van der Waals surface area contributed by atoms with Crippen molar-refractivity contribution in [3.8, 4) is 0 Å². The number of halogens is 1. The van der Waals surface area contributed by atoms with Crippen LogP contribution >= 0.6 is 0 Å². The van der Waals surface area contributed by atoms with Crippen LogP contribution in [0.4, 0.5) is 4.39 Å². The normalized spacial score (nSPS) is 23.1. The van der Waals surface area contributed by atoms with Crippen LogP contribution in [0.2, 0.25) is 0 Å². The maximum absolute atomic E-state index is 12.7. The van der Waals surface area contributed by atoms with Crippen LogP contribution < -0.4 is 5.32 Å². The third-order valence-corrected chi connectivity index (χ3v) is 3.25. The molecule has 2 rings (SSSR count). The van der Waals surface area contributed by atoms with Crippen LogP contribution in [0.3, 0.4) is 0 Å². The van der Waals surface area contributed by atoms with E-state index in [1.807, 2.05) is 12.1 Å². The molecule has 3 nitrogen and oxygen atoms in total. The molecule has 1 aromatic carbocycles. The number of benzene rings is 1. The first-order valence-electron chi connectivity index (χ1n) is 5.86. The summed E-state index contributed by atoms with van der Waals surface area (Å²) in [5.74, 6) is -0.492. The van der Waals surface area contributed by atoms with Crippen molar-refractivity contribution in [2.75, 3.05) is 6.54 Å². The second kappa shape index (κ2) is 5.27. The Bertz CT molecular complexity index is 385. The van der Waals surface area contributed by atoms with Gasteiger partial charge in [0.2, 0.25) is 0 Å². The highest BCUT2D eigenvalue weighted by Crippen LogP contribution is 2.36. The van der Waals surface area contributed by atoms with Gasteiger partial charge in [0, 0.05) is 12.6 Å². The van der Waals surface area contributed by atoms with E-state index in [9.17, 15) is 9.18 Å². The van der Waals surface area contributed by atoms with Gasteiger partial charge in [-0.3, -0.25) is 4.79 Å². The van der Waals surface area contributed by atoms with Crippen molar-refractivity contribution in [1.82, 2.24) is 5.32 Å². The van der Waals surface area contributed by atoms with Gasteiger partial charge in [0.15, 0.2) is 0 Å². The van der Waals surface area contributed by atoms with Gasteiger partial charge in [-0.15, -0.1) is 0 Å². The summed E-state index contributed by atoms with van der Waals surface area (Å²) in [5, 5.41) is 11.7. The maximum atomic E-state index is 12.7. The number of carboxylic acid groups (broad SMARTS) is 1. The minimum atomic E-state index is -0.771. The summed E-state index contributed by atoms with van der Waals surface area (Å²) >= 11 is 0. The summed E-state index contributed by atoms with van der Waals surface area (Å²) < 4.78 is 12.7. The van der Waals surface area contributed by atoms with Crippen molar-refractivity contribution in [2.24, 2.45) is 0 Å². The third kappa shape index (κ3) is 3.27. The molecule has 1 aromatic rings. The first-order valence-corrected chi connectivity index (χ1v) is 5.86. The van der Waals surface area contributed by atoms with E-state index in [0.717, 1.165) is 12.8 Å². The molecule has 0 aromatic heterocycles. The number of carbonyl (C=O) groups is 1. The molecule has 2 N–H and O–H groups in total. The quantitative estimate of drug-likeness (QED) is 0.824. The van der Waals surface area contributed by atoms with Gasteiger partial charge in [-0.25, -0.2) is 4.39 Å². The zero-order valence-corrected chi connectivity index (χ0v) is 9.53. The van der Waals surface area contributed by atoms with Gasteiger partial charge < -0.3 is 10.4 Å². The van der Waals surface area contributed by atoms with Crippen LogP contribution in [0.15, 0.2) is 24.3 Å². The van der Waals surface area contributed by atoms with Gasteiger partial charge in [-0.1, -0.05) is 12.1 Å². The smallest absolute Gasteiger partial charge is 0.304 e. The molecule has 0 bridgehead atoms. The van der Waals surface area contributed by atoms with Crippen molar-refractivity contribution >= 4 is 5.97 Å². The second-order valence-electron chi connectivity index (χ2n) is 4.51. The Morgan fingerprint density at radius 1 is 1.35 bits per heavy atom. The van der Waals surface area contributed by atoms with Crippen molar-refractivity contribution in [3.63, 3.8) is 0 Å². The van der Waals surface area contributed by atoms with Crippen molar-refractivity contribution in [1.29, 1.82) is 0 Å². The fourth-order valence-electron chi connectivity index (χ4n) is 2.17. The zero-order valence-electron chi connectivity index (χ0n) is 9.53. The maximum Gasteiger partial charge on any atom is 0.304 e. The summed E-state index contributed by atoms with van der Waals surface area (Å²) in [6.45, 7) is 0.524. The monoisotopic (exact) mass is 237 g/mol. The average Bonchev–Trinajstić information content (AvgIpc) is 2.23. The molecule has 1 aliphatic carbocycles. The van der Waals surface area contributed by atoms with E-state index >= 15 is 0 Å². The van der Waals surface area contributed by atoms with Crippen LogP contribution in [0.25, 0.3) is 0 Å². The third-order valence-electron chi connectivity index (χ3n) is 3.25. The Kier molecular flexibility index (Phi) is 3.74. The Labute approximate surface area is 99.7 Å². The predicted molar refractivity (Wildman–Crippen MR) is 62.4 cm³/mol. The summed E-state index contributed by atoms with van der Waals surface area (Å²) in [5.41, 5.74) is 1.17. The molecule has 0 radical (unpaired) electrons. The molecule has 0 saturated heterocycles. The highest BCUT2D eigenvalue weighted by molar-refractivity contribution is 5.66. The van der Waals surface area contributed by atoms with Crippen LogP contribution in [0.1, 0.15) is 30.7 Å². The van der Waals surface area contributed by atoms with Gasteiger partial charge in [0.05, 0.1) is 6.42 Å². The second-order valence-corrected chi connectivity index (χ2v) is 4.51. The Hall–Kier alpha value is -1.42. The molecule has 0 aliphatic heterocycles. The first-order chi connectivity index (χ1) is 8.15. The first kappa shape index (κ1) is 12.0. The van der Waals surface area contributed by atoms with E-state index in [1.165, 1.54) is 17.7 Å². The SMILES string of the molecule is O=C(O)CCNC1CC(c2ccc(F)cc2)C1. The van der Waals surface area contributed by atoms with E-state index in [4.69, 9.17) is 5.11 Å². The van der Waals surface area contributed by atoms with Crippen molar-refractivity contribution in [3.05, 3.63) is 35.6 Å².